The van der Waals surface area contributed by atoms with Gasteiger partial charge in [0, 0.05) is 26.2 Å². The molecule has 2 aromatic rings. The van der Waals surface area contributed by atoms with Crippen molar-refractivity contribution in [3.63, 3.8) is 0 Å². The van der Waals surface area contributed by atoms with Gasteiger partial charge in [-0.05, 0) is 43.2 Å². The van der Waals surface area contributed by atoms with Gasteiger partial charge in [0.15, 0.2) is 6.61 Å². The summed E-state index contributed by atoms with van der Waals surface area (Å²) in [5.74, 6) is -0.115. The normalized spacial score (nSPS) is 17.3. The topological polar surface area (TPSA) is 112 Å². The molecule has 2 aliphatic rings. The first-order chi connectivity index (χ1) is 17.0. The Labute approximate surface area is 206 Å². The minimum atomic E-state index is -3.72. The monoisotopic (exact) mass is 498 g/mol. The SMILES string of the molecule is N#Cc1ccccc1OCC(=O)Nc1cc(S(=O)(=O)N2CCOCC2)ccc1N1CCCCCC1. The van der Waals surface area contributed by atoms with E-state index >= 15 is 0 Å². The Morgan fingerprint density at radius 2 is 1.74 bits per heavy atom. The van der Waals surface area contributed by atoms with Gasteiger partial charge in [-0.1, -0.05) is 25.0 Å². The van der Waals surface area contributed by atoms with Gasteiger partial charge >= 0.3 is 0 Å². The summed E-state index contributed by atoms with van der Waals surface area (Å²) in [6, 6.07) is 13.7. The molecular formula is C25H30N4O5S. The fraction of sp³-hybridized carbons (Fsp3) is 0.440. The molecule has 4 rings (SSSR count). The number of nitrogens with one attached hydrogen (secondary N) is 1. The minimum Gasteiger partial charge on any atom is -0.482 e. The van der Waals surface area contributed by atoms with Crippen molar-refractivity contribution in [3.8, 4) is 11.8 Å². The van der Waals surface area contributed by atoms with Gasteiger partial charge in [-0.2, -0.15) is 9.57 Å². The second-order valence-corrected chi connectivity index (χ2v) is 10.5. The van der Waals surface area contributed by atoms with Crippen molar-refractivity contribution in [1.29, 1.82) is 5.26 Å². The van der Waals surface area contributed by atoms with Crippen LogP contribution in [0.5, 0.6) is 5.75 Å². The van der Waals surface area contributed by atoms with Crippen LogP contribution in [0.15, 0.2) is 47.4 Å². The summed E-state index contributed by atoms with van der Waals surface area (Å²) >= 11 is 0. The molecule has 0 unspecified atom stereocenters. The summed E-state index contributed by atoms with van der Waals surface area (Å²) in [5, 5.41) is 12.1. The Morgan fingerprint density at radius 1 is 1.03 bits per heavy atom. The van der Waals surface area contributed by atoms with E-state index in [4.69, 9.17) is 9.47 Å². The molecule has 0 aromatic heterocycles. The van der Waals surface area contributed by atoms with E-state index in [0.29, 0.717) is 43.3 Å². The van der Waals surface area contributed by atoms with Gasteiger partial charge in [0.1, 0.15) is 11.8 Å². The number of sulfonamides is 1. The van der Waals surface area contributed by atoms with Gasteiger partial charge in [0.05, 0.1) is 35.0 Å². The Hall–Kier alpha value is -3.13. The van der Waals surface area contributed by atoms with Crippen LogP contribution < -0.4 is 15.0 Å². The molecule has 2 saturated heterocycles. The number of nitriles is 1. The standard InChI is InChI=1S/C25H30N4O5S/c26-18-20-7-3-4-8-24(20)34-19-25(30)27-22-17-21(35(31,32)29-13-15-33-16-14-29)9-10-23(22)28-11-5-1-2-6-12-28/h3-4,7-10,17H,1-2,5-6,11-16,19H2,(H,27,30). The Morgan fingerprint density at radius 3 is 2.46 bits per heavy atom. The van der Waals surface area contributed by atoms with Gasteiger partial charge in [0.2, 0.25) is 10.0 Å². The van der Waals surface area contributed by atoms with Crippen LogP contribution in [0, 0.1) is 11.3 Å². The highest BCUT2D eigenvalue weighted by Crippen LogP contribution is 2.32. The molecular weight excluding hydrogens is 468 g/mol. The van der Waals surface area contributed by atoms with E-state index in [2.05, 4.69) is 10.2 Å². The number of anilines is 2. The number of carbonyl (C=O) groups is 1. The van der Waals surface area contributed by atoms with Gasteiger partial charge in [-0.3, -0.25) is 4.79 Å². The first kappa shape index (κ1) is 25.0. The lowest BCUT2D eigenvalue weighted by Gasteiger charge is -2.28. The zero-order chi connectivity index (χ0) is 24.7. The third-order valence-electron chi connectivity index (χ3n) is 6.16. The molecule has 2 fully saturated rings. The number of nitrogens with zero attached hydrogens (tertiary/aromatic N) is 3. The van der Waals surface area contributed by atoms with E-state index in [1.807, 2.05) is 6.07 Å². The summed E-state index contributed by atoms with van der Waals surface area (Å²) in [4.78, 5) is 15.2. The Kier molecular flexibility index (Phi) is 8.23. The number of benzene rings is 2. The number of carbonyl (C=O) groups excluding carboxylic acids is 1. The van der Waals surface area contributed by atoms with Crippen LogP contribution in [0.25, 0.3) is 0 Å². The first-order valence-electron chi connectivity index (χ1n) is 11.9. The van der Waals surface area contributed by atoms with Gasteiger partial charge in [-0.15, -0.1) is 0 Å². The van der Waals surface area contributed by atoms with Crippen molar-refractivity contribution >= 4 is 27.3 Å². The number of hydrogen-bond acceptors (Lipinski definition) is 7. The van der Waals surface area contributed by atoms with Crippen LogP contribution in [0.1, 0.15) is 31.2 Å². The van der Waals surface area contributed by atoms with Crippen molar-refractivity contribution in [3.05, 3.63) is 48.0 Å². The zero-order valence-corrected chi connectivity index (χ0v) is 20.4. The van der Waals surface area contributed by atoms with Crippen LogP contribution in [0.3, 0.4) is 0 Å². The average Bonchev–Trinajstić information content (AvgIpc) is 3.17. The van der Waals surface area contributed by atoms with E-state index in [9.17, 15) is 18.5 Å². The van der Waals surface area contributed by atoms with Gasteiger partial charge in [-0.25, -0.2) is 8.42 Å². The number of hydrogen-bond donors (Lipinski definition) is 1. The fourth-order valence-corrected chi connectivity index (χ4v) is 5.75. The molecule has 10 heteroatoms. The molecule has 2 aliphatic heterocycles. The lowest BCUT2D eigenvalue weighted by Crippen LogP contribution is -2.40. The molecule has 0 saturated carbocycles. The maximum absolute atomic E-state index is 13.2. The van der Waals surface area contributed by atoms with Gasteiger partial charge < -0.3 is 19.7 Å². The smallest absolute Gasteiger partial charge is 0.262 e. The molecule has 0 spiro atoms. The number of ether oxygens (including phenoxy) is 2. The van der Waals surface area contributed by atoms with Crippen molar-refractivity contribution in [2.75, 3.05) is 56.2 Å². The van der Waals surface area contributed by atoms with Crippen LogP contribution in [-0.4, -0.2) is 64.6 Å². The highest BCUT2D eigenvalue weighted by atomic mass is 32.2. The predicted octanol–water partition coefficient (Wildman–Crippen LogP) is 2.98. The number of morpholine rings is 1. The minimum absolute atomic E-state index is 0.129. The van der Waals surface area contributed by atoms with Crippen LogP contribution in [0.4, 0.5) is 11.4 Å². The van der Waals surface area contributed by atoms with E-state index in [-0.39, 0.29) is 11.5 Å². The van der Waals surface area contributed by atoms with E-state index < -0.39 is 15.9 Å². The summed E-state index contributed by atoms with van der Waals surface area (Å²) in [6.07, 6.45) is 4.37. The van der Waals surface area contributed by atoms with Crippen molar-refractivity contribution < 1.29 is 22.7 Å². The van der Waals surface area contributed by atoms with Crippen molar-refractivity contribution in [2.24, 2.45) is 0 Å². The predicted molar refractivity (Wildman–Crippen MR) is 132 cm³/mol. The van der Waals surface area contributed by atoms with Gasteiger partial charge in [0.25, 0.3) is 5.91 Å². The average molecular weight is 499 g/mol. The highest BCUT2D eigenvalue weighted by Gasteiger charge is 2.28. The zero-order valence-electron chi connectivity index (χ0n) is 19.6. The highest BCUT2D eigenvalue weighted by molar-refractivity contribution is 7.89. The summed E-state index contributed by atoms with van der Waals surface area (Å²) in [6.45, 7) is 2.67. The maximum atomic E-state index is 13.2. The molecule has 0 aliphatic carbocycles. The van der Waals surface area contributed by atoms with Crippen LogP contribution >= 0.6 is 0 Å². The first-order valence-corrected chi connectivity index (χ1v) is 13.3. The third-order valence-corrected chi connectivity index (χ3v) is 8.06. The van der Waals surface area contributed by atoms with Crippen LogP contribution in [-0.2, 0) is 19.6 Å². The molecule has 2 aromatic carbocycles. The molecule has 0 radical (unpaired) electrons. The summed E-state index contributed by atoms with van der Waals surface area (Å²) < 4.78 is 38.7. The third kappa shape index (κ3) is 6.11. The van der Waals surface area contributed by atoms with Crippen molar-refractivity contribution in [1.82, 2.24) is 4.31 Å². The van der Waals surface area contributed by atoms with Crippen molar-refractivity contribution in [2.45, 2.75) is 30.6 Å². The largest absolute Gasteiger partial charge is 0.482 e. The summed E-state index contributed by atoms with van der Waals surface area (Å²) in [7, 11) is -3.72. The second kappa shape index (κ2) is 11.5. The maximum Gasteiger partial charge on any atom is 0.262 e. The van der Waals surface area contributed by atoms with Crippen LogP contribution in [0.2, 0.25) is 0 Å². The fourth-order valence-electron chi connectivity index (χ4n) is 4.31. The molecule has 0 bridgehead atoms. The molecule has 2 heterocycles. The number of rotatable bonds is 7. The quantitative estimate of drug-likeness (QED) is 0.625. The molecule has 9 nitrogen and oxygen atoms in total. The summed E-state index contributed by atoms with van der Waals surface area (Å²) in [5.41, 5.74) is 1.56. The lowest BCUT2D eigenvalue weighted by molar-refractivity contribution is -0.118. The Bertz CT molecular complexity index is 1180. The number of amides is 1. The molecule has 186 valence electrons. The second-order valence-electron chi connectivity index (χ2n) is 8.54. The van der Waals surface area contributed by atoms with E-state index in [1.165, 1.54) is 10.4 Å². The molecule has 1 amide bonds. The molecule has 35 heavy (non-hydrogen) atoms. The number of para-hydroxylation sites is 1. The molecule has 1 N–H and O–H groups in total. The Balaban J connectivity index is 1.58. The lowest BCUT2D eigenvalue weighted by atomic mass is 10.2. The van der Waals surface area contributed by atoms with E-state index in [0.717, 1.165) is 44.5 Å². The van der Waals surface area contributed by atoms with E-state index in [1.54, 1.807) is 36.4 Å². The molecule has 0 atom stereocenters.